The van der Waals surface area contributed by atoms with Gasteiger partial charge in [0, 0.05) is 6.04 Å². The maximum absolute atomic E-state index is 4.75. The van der Waals surface area contributed by atoms with Crippen LogP contribution in [0.5, 0.6) is 0 Å². The van der Waals surface area contributed by atoms with Gasteiger partial charge in [0.05, 0.1) is 7.11 Å². The minimum atomic E-state index is 0.495. The van der Waals surface area contributed by atoms with Crippen molar-refractivity contribution in [2.45, 2.75) is 39.2 Å². The van der Waals surface area contributed by atoms with Gasteiger partial charge in [0.2, 0.25) is 0 Å². The molecule has 0 saturated heterocycles. The summed E-state index contributed by atoms with van der Waals surface area (Å²) in [5.74, 6) is 0. The fourth-order valence-corrected chi connectivity index (χ4v) is 0.770. The van der Waals surface area contributed by atoms with Crippen molar-refractivity contribution in [2.24, 2.45) is 0 Å². The van der Waals surface area contributed by atoms with Gasteiger partial charge in [-0.2, -0.15) is 0 Å². The SMILES string of the molecule is CCCCC(C)NOC. The van der Waals surface area contributed by atoms with Crippen molar-refractivity contribution in [3.05, 3.63) is 0 Å². The van der Waals surface area contributed by atoms with Crippen molar-refractivity contribution < 1.29 is 4.84 Å². The van der Waals surface area contributed by atoms with Gasteiger partial charge in [0.1, 0.15) is 0 Å². The molecule has 2 nitrogen and oxygen atoms in total. The molecule has 0 aliphatic rings. The summed E-state index contributed by atoms with van der Waals surface area (Å²) in [6, 6.07) is 0.495. The molecule has 9 heavy (non-hydrogen) atoms. The van der Waals surface area contributed by atoms with E-state index in [4.69, 9.17) is 4.84 Å². The van der Waals surface area contributed by atoms with Gasteiger partial charge in [-0.05, 0) is 13.3 Å². The summed E-state index contributed by atoms with van der Waals surface area (Å²) >= 11 is 0. The van der Waals surface area contributed by atoms with Crippen LogP contribution in [-0.4, -0.2) is 13.2 Å². The molecule has 56 valence electrons. The highest BCUT2D eigenvalue weighted by Gasteiger charge is 1.96. The normalized spacial score (nSPS) is 13.7. The summed E-state index contributed by atoms with van der Waals surface area (Å²) in [6.07, 6.45) is 3.73. The lowest BCUT2D eigenvalue weighted by atomic mass is 10.2. The molecular weight excluding hydrogens is 114 g/mol. The van der Waals surface area contributed by atoms with Crippen molar-refractivity contribution in [1.29, 1.82) is 0 Å². The van der Waals surface area contributed by atoms with Crippen molar-refractivity contribution in [3.63, 3.8) is 0 Å². The Labute approximate surface area is 57.5 Å². The van der Waals surface area contributed by atoms with Gasteiger partial charge in [-0.15, -0.1) is 0 Å². The Balaban J connectivity index is 2.95. The van der Waals surface area contributed by atoms with E-state index < -0.39 is 0 Å². The zero-order valence-electron chi connectivity index (χ0n) is 6.61. The molecule has 0 aromatic rings. The Hall–Kier alpha value is -0.0800. The summed E-state index contributed by atoms with van der Waals surface area (Å²) in [6.45, 7) is 4.32. The first-order valence-electron chi connectivity index (χ1n) is 3.59. The van der Waals surface area contributed by atoms with E-state index in [0.717, 1.165) is 0 Å². The standard InChI is InChI=1S/C7H17NO/c1-4-5-6-7(2)8-9-3/h7-8H,4-6H2,1-3H3. The minimum Gasteiger partial charge on any atom is -0.305 e. The molecule has 0 spiro atoms. The van der Waals surface area contributed by atoms with Crippen LogP contribution in [0.15, 0.2) is 0 Å². The van der Waals surface area contributed by atoms with E-state index in [1.54, 1.807) is 7.11 Å². The zero-order valence-corrected chi connectivity index (χ0v) is 6.61. The van der Waals surface area contributed by atoms with Gasteiger partial charge in [-0.3, -0.25) is 0 Å². The van der Waals surface area contributed by atoms with E-state index in [0.29, 0.717) is 6.04 Å². The summed E-state index contributed by atoms with van der Waals surface area (Å²) in [5.41, 5.74) is 2.88. The Morgan fingerprint density at radius 3 is 2.67 bits per heavy atom. The first-order valence-corrected chi connectivity index (χ1v) is 3.59. The van der Waals surface area contributed by atoms with Crippen molar-refractivity contribution in [3.8, 4) is 0 Å². The van der Waals surface area contributed by atoms with Gasteiger partial charge in [0.25, 0.3) is 0 Å². The molecule has 0 fully saturated rings. The molecule has 0 aliphatic carbocycles. The molecule has 0 heterocycles. The highest BCUT2D eigenvalue weighted by Crippen LogP contribution is 1.98. The molecule has 0 aromatic heterocycles. The van der Waals surface area contributed by atoms with Crippen LogP contribution in [0.25, 0.3) is 0 Å². The van der Waals surface area contributed by atoms with Crippen LogP contribution in [0.1, 0.15) is 33.1 Å². The molecule has 0 saturated carbocycles. The number of hydrogen-bond acceptors (Lipinski definition) is 2. The van der Waals surface area contributed by atoms with Crippen LogP contribution < -0.4 is 5.48 Å². The lowest BCUT2D eigenvalue weighted by Gasteiger charge is -2.09. The van der Waals surface area contributed by atoms with Gasteiger partial charge >= 0.3 is 0 Å². The van der Waals surface area contributed by atoms with Crippen molar-refractivity contribution in [2.75, 3.05) is 7.11 Å². The molecular formula is C7H17NO. The van der Waals surface area contributed by atoms with Crippen LogP contribution in [0.2, 0.25) is 0 Å². The van der Waals surface area contributed by atoms with Gasteiger partial charge in [-0.1, -0.05) is 19.8 Å². The molecule has 2 heteroatoms. The second-order valence-corrected chi connectivity index (χ2v) is 2.37. The molecule has 0 aromatic carbocycles. The lowest BCUT2D eigenvalue weighted by molar-refractivity contribution is 0.0629. The van der Waals surface area contributed by atoms with Crippen LogP contribution in [-0.2, 0) is 4.84 Å². The number of hydrogen-bond donors (Lipinski definition) is 1. The van der Waals surface area contributed by atoms with E-state index in [1.165, 1.54) is 19.3 Å². The predicted molar refractivity (Wildman–Crippen MR) is 39.1 cm³/mol. The highest BCUT2D eigenvalue weighted by atomic mass is 16.6. The average Bonchev–Trinajstić information content (AvgIpc) is 1.85. The summed E-state index contributed by atoms with van der Waals surface area (Å²) in [4.78, 5) is 4.75. The largest absolute Gasteiger partial charge is 0.305 e. The van der Waals surface area contributed by atoms with Crippen LogP contribution in [0.3, 0.4) is 0 Å². The topological polar surface area (TPSA) is 21.3 Å². The Bertz CT molecular complexity index is 56.9. The van der Waals surface area contributed by atoms with Gasteiger partial charge in [-0.25, -0.2) is 5.48 Å². The first kappa shape index (κ1) is 8.92. The smallest absolute Gasteiger partial charge is 0.0572 e. The van der Waals surface area contributed by atoms with Crippen molar-refractivity contribution >= 4 is 0 Å². The predicted octanol–water partition coefficient (Wildman–Crippen LogP) is 1.72. The molecule has 1 unspecified atom stereocenters. The number of rotatable bonds is 5. The third-order valence-electron chi connectivity index (χ3n) is 1.31. The fourth-order valence-electron chi connectivity index (χ4n) is 0.770. The maximum Gasteiger partial charge on any atom is 0.0572 e. The Morgan fingerprint density at radius 1 is 1.56 bits per heavy atom. The zero-order chi connectivity index (χ0) is 7.11. The Kier molecular flexibility index (Phi) is 5.99. The lowest BCUT2D eigenvalue weighted by Crippen LogP contribution is -2.24. The number of hydroxylamine groups is 1. The summed E-state index contributed by atoms with van der Waals surface area (Å²) < 4.78 is 0. The van der Waals surface area contributed by atoms with Crippen LogP contribution >= 0.6 is 0 Å². The van der Waals surface area contributed by atoms with Crippen molar-refractivity contribution in [1.82, 2.24) is 5.48 Å². The molecule has 0 radical (unpaired) electrons. The molecule has 0 aliphatic heterocycles. The fraction of sp³-hybridized carbons (Fsp3) is 1.00. The third kappa shape index (κ3) is 5.80. The molecule has 1 N–H and O–H groups in total. The second-order valence-electron chi connectivity index (χ2n) is 2.37. The quantitative estimate of drug-likeness (QED) is 0.573. The van der Waals surface area contributed by atoms with E-state index in [9.17, 15) is 0 Å². The Morgan fingerprint density at radius 2 is 2.22 bits per heavy atom. The number of nitrogens with one attached hydrogen (secondary N) is 1. The van der Waals surface area contributed by atoms with E-state index in [2.05, 4.69) is 19.3 Å². The average molecular weight is 131 g/mol. The first-order chi connectivity index (χ1) is 4.31. The third-order valence-corrected chi connectivity index (χ3v) is 1.31. The van der Waals surface area contributed by atoms with Gasteiger partial charge in [0.15, 0.2) is 0 Å². The van der Waals surface area contributed by atoms with E-state index >= 15 is 0 Å². The van der Waals surface area contributed by atoms with Crippen LogP contribution in [0, 0.1) is 0 Å². The van der Waals surface area contributed by atoms with Gasteiger partial charge < -0.3 is 4.84 Å². The monoisotopic (exact) mass is 131 g/mol. The summed E-state index contributed by atoms with van der Waals surface area (Å²) in [7, 11) is 1.66. The van der Waals surface area contributed by atoms with E-state index in [-0.39, 0.29) is 0 Å². The molecule has 0 bridgehead atoms. The molecule has 0 amide bonds. The molecule has 0 rings (SSSR count). The second kappa shape index (κ2) is 6.05. The number of unbranched alkanes of at least 4 members (excludes halogenated alkanes) is 1. The van der Waals surface area contributed by atoms with Crippen LogP contribution in [0.4, 0.5) is 0 Å². The maximum atomic E-state index is 4.75. The molecule has 1 atom stereocenters. The summed E-state index contributed by atoms with van der Waals surface area (Å²) in [5, 5.41) is 0. The minimum absolute atomic E-state index is 0.495. The highest BCUT2D eigenvalue weighted by molar-refractivity contribution is 4.52. The van der Waals surface area contributed by atoms with E-state index in [1.807, 2.05) is 0 Å².